The van der Waals surface area contributed by atoms with Crippen molar-refractivity contribution in [3.63, 3.8) is 0 Å². The Kier molecular flexibility index (Phi) is 4.88. The summed E-state index contributed by atoms with van der Waals surface area (Å²) in [5, 5.41) is 21.4. The van der Waals surface area contributed by atoms with E-state index in [0.717, 1.165) is 6.07 Å². The highest BCUT2D eigenvalue weighted by atomic mass is 32.2. The quantitative estimate of drug-likeness (QED) is 0.667. The first-order valence-electron chi connectivity index (χ1n) is 9.27. The average molecular weight is 464 g/mol. The zero-order valence-corrected chi connectivity index (χ0v) is 16.6. The van der Waals surface area contributed by atoms with E-state index in [9.17, 15) is 40.6 Å². The number of rotatable bonds is 2. The number of halogens is 5. The fourth-order valence-corrected chi connectivity index (χ4v) is 6.96. The fraction of sp³-hybridized carbons (Fsp3) is 0.400. The average Bonchev–Trinajstić information content (AvgIpc) is 2.69. The number of aliphatic hydroxyl groups is 2. The molecule has 168 valence electrons. The van der Waals surface area contributed by atoms with Gasteiger partial charge in [-0.2, -0.15) is 13.2 Å². The molecule has 0 bridgehead atoms. The van der Waals surface area contributed by atoms with Gasteiger partial charge in [0.1, 0.15) is 22.8 Å². The molecule has 1 aliphatic carbocycles. The predicted molar refractivity (Wildman–Crippen MR) is 97.0 cm³/mol. The molecule has 4 rings (SSSR count). The second-order valence-electron chi connectivity index (χ2n) is 7.80. The van der Waals surface area contributed by atoms with Gasteiger partial charge in [-0.1, -0.05) is 0 Å². The van der Waals surface area contributed by atoms with E-state index in [0.29, 0.717) is 30.3 Å². The number of fused-ring (bicyclic) bond motifs is 3. The largest absolute Gasteiger partial charge is 0.487 e. The van der Waals surface area contributed by atoms with Gasteiger partial charge in [-0.3, -0.25) is 0 Å². The molecule has 0 radical (unpaired) electrons. The van der Waals surface area contributed by atoms with Gasteiger partial charge in [-0.15, -0.1) is 0 Å². The van der Waals surface area contributed by atoms with E-state index in [1.165, 1.54) is 0 Å². The smallest absolute Gasteiger partial charge is 0.416 e. The minimum atomic E-state index is -4.80. The van der Waals surface area contributed by atoms with Gasteiger partial charge in [0.2, 0.25) is 0 Å². The molecule has 0 saturated heterocycles. The van der Waals surface area contributed by atoms with Gasteiger partial charge in [0.05, 0.1) is 22.1 Å². The number of sulfone groups is 1. The van der Waals surface area contributed by atoms with Gasteiger partial charge in [-0.05, 0) is 49.2 Å². The minimum absolute atomic E-state index is 0.169. The molecule has 0 amide bonds. The summed E-state index contributed by atoms with van der Waals surface area (Å²) in [5.41, 5.74) is -4.18. The minimum Gasteiger partial charge on any atom is -0.487 e. The molecule has 2 aliphatic rings. The standard InChI is InChI=1S/C20H17F5O5S/c21-14-5-6-15(22)17-16(14)19(8-7-12(26)9-18(19,27)10-30-17)31(28,29)13-3-1-11(2-4-13)20(23,24)25/h1-6,12,26-27H,7-10H2/t12-,18-,19?/m1/s1. The molecule has 3 atom stereocenters. The maximum Gasteiger partial charge on any atom is 0.416 e. The highest BCUT2D eigenvalue weighted by Crippen LogP contribution is 2.58. The number of ether oxygens (including phenoxy) is 1. The number of hydrogen-bond donors (Lipinski definition) is 2. The van der Waals surface area contributed by atoms with Crippen LogP contribution in [0, 0.1) is 11.6 Å². The fourth-order valence-electron chi connectivity index (χ4n) is 4.58. The van der Waals surface area contributed by atoms with Crippen LogP contribution in [0.2, 0.25) is 0 Å². The lowest BCUT2D eigenvalue weighted by molar-refractivity contribution is -0.137. The molecular weight excluding hydrogens is 447 g/mol. The second-order valence-corrected chi connectivity index (χ2v) is 9.98. The molecule has 2 aromatic carbocycles. The van der Waals surface area contributed by atoms with Crippen molar-refractivity contribution in [3.05, 3.63) is 59.2 Å². The third kappa shape index (κ3) is 3.05. The van der Waals surface area contributed by atoms with Gasteiger partial charge in [-0.25, -0.2) is 17.2 Å². The molecule has 1 aliphatic heterocycles. The summed E-state index contributed by atoms with van der Waals surface area (Å²) in [6.45, 7) is -0.753. The van der Waals surface area contributed by atoms with Crippen LogP contribution in [0.15, 0.2) is 41.3 Å². The Morgan fingerprint density at radius 1 is 1.03 bits per heavy atom. The third-order valence-electron chi connectivity index (χ3n) is 6.02. The number of aliphatic hydroxyl groups excluding tert-OH is 1. The van der Waals surface area contributed by atoms with E-state index in [1.807, 2.05) is 0 Å². The van der Waals surface area contributed by atoms with Crippen molar-refractivity contribution in [1.29, 1.82) is 0 Å². The Morgan fingerprint density at radius 2 is 1.65 bits per heavy atom. The zero-order chi connectivity index (χ0) is 22.8. The first kappa shape index (κ1) is 22.0. The maximum absolute atomic E-state index is 15.0. The van der Waals surface area contributed by atoms with Gasteiger partial charge in [0, 0.05) is 6.42 Å². The van der Waals surface area contributed by atoms with Crippen LogP contribution >= 0.6 is 0 Å². The zero-order valence-electron chi connectivity index (χ0n) is 15.8. The Bertz CT molecular complexity index is 1130. The molecule has 0 aromatic heterocycles. The number of alkyl halides is 3. The van der Waals surface area contributed by atoms with Gasteiger partial charge in [0.25, 0.3) is 0 Å². The highest BCUT2D eigenvalue weighted by molar-refractivity contribution is 7.92. The van der Waals surface area contributed by atoms with Crippen molar-refractivity contribution in [2.45, 2.75) is 46.8 Å². The molecule has 2 N–H and O–H groups in total. The van der Waals surface area contributed by atoms with E-state index in [4.69, 9.17) is 4.74 Å². The molecule has 1 unspecified atom stereocenters. The normalized spacial score (nSPS) is 28.4. The van der Waals surface area contributed by atoms with Crippen molar-refractivity contribution in [2.75, 3.05) is 6.61 Å². The van der Waals surface area contributed by atoms with Crippen molar-refractivity contribution in [2.24, 2.45) is 0 Å². The monoisotopic (exact) mass is 464 g/mol. The lowest BCUT2D eigenvalue weighted by Crippen LogP contribution is -2.65. The Labute approximate surface area is 174 Å². The summed E-state index contributed by atoms with van der Waals surface area (Å²) in [6.07, 6.45) is -7.02. The first-order valence-corrected chi connectivity index (χ1v) is 10.8. The van der Waals surface area contributed by atoms with Crippen LogP contribution in [0.4, 0.5) is 22.0 Å². The third-order valence-corrected chi connectivity index (χ3v) is 8.62. The number of benzene rings is 2. The van der Waals surface area contributed by atoms with Crippen LogP contribution in [-0.4, -0.2) is 36.9 Å². The summed E-state index contributed by atoms with van der Waals surface area (Å²) in [6, 6.07) is 3.98. The van der Waals surface area contributed by atoms with E-state index in [1.54, 1.807) is 0 Å². The Morgan fingerprint density at radius 3 is 2.26 bits per heavy atom. The molecule has 11 heteroatoms. The van der Waals surface area contributed by atoms with Gasteiger partial charge < -0.3 is 14.9 Å². The molecule has 31 heavy (non-hydrogen) atoms. The van der Waals surface area contributed by atoms with Crippen LogP contribution in [0.25, 0.3) is 0 Å². The van der Waals surface area contributed by atoms with Crippen molar-refractivity contribution in [3.8, 4) is 5.75 Å². The Hall–Kier alpha value is -2.24. The van der Waals surface area contributed by atoms with E-state index >= 15 is 0 Å². The molecule has 1 saturated carbocycles. The van der Waals surface area contributed by atoms with Crippen LogP contribution < -0.4 is 4.74 Å². The molecule has 2 aromatic rings. The predicted octanol–water partition coefficient (Wildman–Crippen LogP) is 3.32. The highest BCUT2D eigenvalue weighted by Gasteiger charge is 2.67. The summed E-state index contributed by atoms with van der Waals surface area (Å²) < 4.78 is 98.4. The lowest BCUT2D eigenvalue weighted by Gasteiger charge is -2.53. The maximum atomic E-state index is 15.0. The summed E-state index contributed by atoms with van der Waals surface area (Å²) in [7, 11) is -4.80. The van der Waals surface area contributed by atoms with Crippen LogP contribution in [0.3, 0.4) is 0 Å². The van der Waals surface area contributed by atoms with E-state index < -0.39 is 85.3 Å². The van der Waals surface area contributed by atoms with Gasteiger partial charge in [0.15, 0.2) is 21.4 Å². The second kappa shape index (κ2) is 6.88. The molecular formula is C20H17F5O5S. The molecule has 5 nitrogen and oxygen atoms in total. The first-order chi connectivity index (χ1) is 14.3. The summed E-state index contributed by atoms with van der Waals surface area (Å²) in [5.74, 6) is -2.88. The summed E-state index contributed by atoms with van der Waals surface area (Å²) >= 11 is 0. The van der Waals surface area contributed by atoms with E-state index in [-0.39, 0.29) is 6.42 Å². The topological polar surface area (TPSA) is 83.8 Å². The SMILES string of the molecule is O=S(=O)(c1ccc(C(F)(F)F)cc1)C12CC[C@@H](O)C[C@@]1(O)COc1c(F)ccc(F)c12. The van der Waals surface area contributed by atoms with Crippen molar-refractivity contribution >= 4 is 9.84 Å². The van der Waals surface area contributed by atoms with Crippen molar-refractivity contribution < 1.29 is 45.3 Å². The summed E-state index contributed by atoms with van der Waals surface area (Å²) in [4.78, 5) is -0.605. The number of hydrogen-bond acceptors (Lipinski definition) is 5. The van der Waals surface area contributed by atoms with E-state index in [2.05, 4.69) is 0 Å². The van der Waals surface area contributed by atoms with Crippen LogP contribution in [0.1, 0.15) is 30.4 Å². The molecule has 0 spiro atoms. The molecule has 1 heterocycles. The van der Waals surface area contributed by atoms with Crippen molar-refractivity contribution in [1.82, 2.24) is 0 Å². The lowest BCUT2D eigenvalue weighted by atomic mass is 9.68. The van der Waals surface area contributed by atoms with Crippen LogP contribution in [0.5, 0.6) is 5.75 Å². The molecule has 1 fully saturated rings. The Balaban J connectivity index is 2.00. The van der Waals surface area contributed by atoms with Crippen LogP contribution in [-0.2, 0) is 20.8 Å². The van der Waals surface area contributed by atoms with Gasteiger partial charge >= 0.3 is 6.18 Å².